The fourth-order valence-corrected chi connectivity index (χ4v) is 4.65. The molecule has 1 aromatic heterocycles. The number of aromatic nitrogens is 1. The van der Waals surface area contributed by atoms with Crippen molar-refractivity contribution in [1.82, 2.24) is 4.57 Å². The summed E-state index contributed by atoms with van der Waals surface area (Å²) in [5.41, 5.74) is 0.797. The third kappa shape index (κ3) is 4.49. The number of carbonyl (C=O) groups is 2. The van der Waals surface area contributed by atoms with Crippen LogP contribution in [-0.4, -0.2) is 36.1 Å². The molecule has 7 nitrogen and oxygen atoms in total. The molecule has 0 fully saturated rings. The van der Waals surface area contributed by atoms with Gasteiger partial charge in [0.15, 0.2) is 16.3 Å². The van der Waals surface area contributed by atoms with Crippen molar-refractivity contribution in [3.05, 3.63) is 47.0 Å². The SMILES string of the molecule is COC(=O)CCn1c(=NC(=O)CSc2ccc(F)cc2)sc2cc3c(cc21)OCO3. The molecule has 0 saturated heterocycles. The predicted molar refractivity (Wildman–Crippen MR) is 110 cm³/mol. The predicted octanol–water partition coefficient (Wildman–Crippen LogP) is 3.35. The Balaban J connectivity index is 1.62. The van der Waals surface area contributed by atoms with Gasteiger partial charge in [-0.15, -0.1) is 11.8 Å². The molecule has 2 heterocycles. The lowest BCUT2D eigenvalue weighted by Gasteiger charge is -2.05. The smallest absolute Gasteiger partial charge is 0.307 e. The van der Waals surface area contributed by atoms with Crippen LogP contribution >= 0.6 is 23.1 Å². The van der Waals surface area contributed by atoms with Crippen molar-refractivity contribution in [1.29, 1.82) is 0 Å². The maximum absolute atomic E-state index is 13.0. The first-order chi connectivity index (χ1) is 14.5. The van der Waals surface area contributed by atoms with Crippen molar-refractivity contribution in [3.63, 3.8) is 0 Å². The standard InChI is InChI=1S/C20H17FN2O5S2/c1-26-19(25)6-7-23-14-8-15-16(28-11-27-15)9-17(14)30-20(23)22-18(24)10-29-13-4-2-12(21)3-5-13/h2-5,8-9H,6-7,10-11H2,1H3. The highest BCUT2D eigenvalue weighted by Gasteiger charge is 2.18. The number of thioether (sulfide) groups is 1. The number of rotatable bonds is 6. The molecule has 1 amide bonds. The van der Waals surface area contributed by atoms with Gasteiger partial charge in [0, 0.05) is 23.6 Å². The number of thiazole rings is 1. The van der Waals surface area contributed by atoms with Gasteiger partial charge >= 0.3 is 5.97 Å². The minimum absolute atomic E-state index is 0.111. The number of amides is 1. The van der Waals surface area contributed by atoms with Crippen LogP contribution in [0.3, 0.4) is 0 Å². The van der Waals surface area contributed by atoms with E-state index >= 15 is 0 Å². The Morgan fingerprint density at radius 2 is 1.97 bits per heavy atom. The fraction of sp³-hybridized carbons (Fsp3) is 0.250. The number of benzene rings is 2. The van der Waals surface area contributed by atoms with Crippen LogP contribution in [0, 0.1) is 5.82 Å². The lowest BCUT2D eigenvalue weighted by atomic mass is 10.3. The summed E-state index contributed by atoms with van der Waals surface area (Å²) in [5.74, 6) is 0.340. The molecule has 3 aromatic rings. The molecule has 0 unspecified atom stereocenters. The molecule has 2 aromatic carbocycles. The van der Waals surface area contributed by atoms with Gasteiger partial charge in [-0.25, -0.2) is 4.39 Å². The Kier molecular flexibility index (Phi) is 6.05. The summed E-state index contributed by atoms with van der Waals surface area (Å²) in [7, 11) is 1.33. The number of methoxy groups -OCH3 is 1. The zero-order valence-electron chi connectivity index (χ0n) is 15.9. The molecule has 0 aliphatic carbocycles. The Labute approximate surface area is 179 Å². The summed E-state index contributed by atoms with van der Waals surface area (Å²) in [6.45, 7) is 0.467. The third-order valence-electron chi connectivity index (χ3n) is 4.34. The molecule has 0 saturated carbocycles. The lowest BCUT2D eigenvalue weighted by molar-refractivity contribution is -0.140. The molecular weight excluding hydrogens is 431 g/mol. The Hall–Kier alpha value is -2.85. The maximum Gasteiger partial charge on any atom is 0.307 e. The van der Waals surface area contributed by atoms with Crippen LogP contribution in [0.2, 0.25) is 0 Å². The minimum atomic E-state index is -0.355. The molecule has 156 valence electrons. The zero-order chi connectivity index (χ0) is 21.1. The summed E-state index contributed by atoms with van der Waals surface area (Å²) < 4.78 is 31.3. The summed E-state index contributed by atoms with van der Waals surface area (Å²) in [6, 6.07) is 9.59. The molecule has 4 rings (SSSR count). The van der Waals surface area contributed by atoms with E-state index in [2.05, 4.69) is 4.99 Å². The molecular formula is C20H17FN2O5S2. The number of nitrogens with zero attached hydrogens (tertiary/aromatic N) is 2. The molecule has 30 heavy (non-hydrogen) atoms. The Morgan fingerprint density at radius 1 is 1.23 bits per heavy atom. The van der Waals surface area contributed by atoms with Crippen molar-refractivity contribution in [2.24, 2.45) is 4.99 Å². The zero-order valence-corrected chi connectivity index (χ0v) is 17.6. The number of carbonyl (C=O) groups excluding carboxylic acids is 2. The highest BCUT2D eigenvalue weighted by atomic mass is 32.2. The van der Waals surface area contributed by atoms with E-state index in [0.717, 1.165) is 15.1 Å². The van der Waals surface area contributed by atoms with Crippen LogP contribution < -0.4 is 14.3 Å². The van der Waals surface area contributed by atoms with Crippen LogP contribution in [0.4, 0.5) is 4.39 Å². The molecule has 0 spiro atoms. The van der Waals surface area contributed by atoms with Crippen molar-refractivity contribution in [3.8, 4) is 11.5 Å². The second-order valence-electron chi connectivity index (χ2n) is 6.28. The Morgan fingerprint density at radius 3 is 2.70 bits per heavy atom. The lowest BCUT2D eigenvalue weighted by Crippen LogP contribution is -2.19. The van der Waals surface area contributed by atoms with E-state index in [-0.39, 0.29) is 36.7 Å². The van der Waals surface area contributed by atoms with Gasteiger partial charge in [-0.1, -0.05) is 11.3 Å². The number of ether oxygens (including phenoxy) is 3. The van der Waals surface area contributed by atoms with Crippen LogP contribution in [0.5, 0.6) is 11.5 Å². The monoisotopic (exact) mass is 448 g/mol. The third-order valence-corrected chi connectivity index (χ3v) is 6.38. The van der Waals surface area contributed by atoms with Gasteiger partial charge in [0.2, 0.25) is 6.79 Å². The number of hydrogen-bond acceptors (Lipinski definition) is 7. The first-order valence-electron chi connectivity index (χ1n) is 8.99. The molecule has 0 radical (unpaired) electrons. The van der Waals surface area contributed by atoms with Crippen molar-refractivity contribution in [2.75, 3.05) is 19.7 Å². The first kappa shape index (κ1) is 20.4. The second-order valence-corrected chi connectivity index (χ2v) is 8.34. The number of hydrogen-bond donors (Lipinski definition) is 0. The van der Waals surface area contributed by atoms with Gasteiger partial charge in [0.1, 0.15) is 5.82 Å². The van der Waals surface area contributed by atoms with Gasteiger partial charge in [-0.3, -0.25) is 9.59 Å². The van der Waals surface area contributed by atoms with E-state index in [9.17, 15) is 14.0 Å². The van der Waals surface area contributed by atoms with Crippen LogP contribution in [0.15, 0.2) is 46.3 Å². The number of esters is 1. The van der Waals surface area contributed by atoms with E-state index < -0.39 is 0 Å². The van der Waals surface area contributed by atoms with E-state index in [4.69, 9.17) is 14.2 Å². The molecule has 10 heteroatoms. The summed E-state index contributed by atoms with van der Waals surface area (Å²) >= 11 is 2.61. The first-order valence-corrected chi connectivity index (χ1v) is 10.8. The van der Waals surface area contributed by atoms with Gasteiger partial charge in [0.05, 0.1) is 29.5 Å². The number of fused-ring (bicyclic) bond motifs is 2. The van der Waals surface area contributed by atoms with Gasteiger partial charge in [-0.2, -0.15) is 4.99 Å². The van der Waals surface area contributed by atoms with E-state index in [1.54, 1.807) is 16.7 Å². The van der Waals surface area contributed by atoms with Crippen LogP contribution in [0.25, 0.3) is 10.2 Å². The molecule has 1 aliphatic heterocycles. The quantitative estimate of drug-likeness (QED) is 0.425. The Bertz CT molecular complexity index is 1170. The summed E-state index contributed by atoms with van der Waals surface area (Å²) in [4.78, 5) is 29.6. The highest BCUT2D eigenvalue weighted by molar-refractivity contribution is 8.00. The van der Waals surface area contributed by atoms with E-state index in [1.807, 2.05) is 12.1 Å². The normalized spacial score (nSPS) is 13.1. The van der Waals surface area contributed by atoms with Crippen LogP contribution in [-0.2, 0) is 20.9 Å². The average molecular weight is 448 g/mol. The average Bonchev–Trinajstić information content (AvgIpc) is 3.33. The topological polar surface area (TPSA) is 79.1 Å². The van der Waals surface area contributed by atoms with Gasteiger partial charge in [0.25, 0.3) is 5.91 Å². The van der Waals surface area contributed by atoms with Gasteiger partial charge < -0.3 is 18.8 Å². The highest BCUT2D eigenvalue weighted by Crippen LogP contribution is 2.37. The summed E-state index contributed by atoms with van der Waals surface area (Å²) in [6.07, 6.45) is 0.141. The number of aryl methyl sites for hydroxylation is 1. The molecule has 0 atom stereocenters. The largest absolute Gasteiger partial charge is 0.469 e. The second kappa shape index (κ2) is 8.88. The molecule has 0 bridgehead atoms. The molecule has 1 aliphatic rings. The van der Waals surface area contributed by atoms with E-state index in [1.165, 1.54) is 42.3 Å². The minimum Gasteiger partial charge on any atom is -0.469 e. The molecule has 0 N–H and O–H groups in total. The van der Waals surface area contributed by atoms with Crippen molar-refractivity contribution in [2.45, 2.75) is 17.9 Å². The number of halogens is 1. The van der Waals surface area contributed by atoms with Crippen LogP contribution in [0.1, 0.15) is 6.42 Å². The maximum atomic E-state index is 13.0. The fourth-order valence-electron chi connectivity index (χ4n) is 2.88. The van der Waals surface area contributed by atoms with Gasteiger partial charge in [-0.05, 0) is 24.3 Å². The van der Waals surface area contributed by atoms with Crippen molar-refractivity contribution < 1.29 is 28.2 Å². The van der Waals surface area contributed by atoms with Crippen molar-refractivity contribution >= 4 is 45.2 Å². The summed E-state index contributed by atoms with van der Waals surface area (Å²) in [5, 5.41) is 0. The van der Waals surface area contributed by atoms with E-state index in [0.29, 0.717) is 22.8 Å².